The fraction of sp³-hybridized carbons (Fsp3) is 0.222. The Hall–Kier alpha value is -3.20. The molecular weight excluding hydrogens is 356 g/mol. The van der Waals surface area contributed by atoms with Gasteiger partial charge < -0.3 is 10.1 Å². The largest absolute Gasteiger partial charge is 0.378 e. The first-order valence-electron chi connectivity index (χ1n) is 8.00. The van der Waals surface area contributed by atoms with Crippen molar-refractivity contribution in [3.8, 4) is 11.3 Å². The lowest BCUT2D eigenvalue weighted by atomic mass is 10.1. The number of anilines is 1. The first kappa shape index (κ1) is 18.6. The topological polar surface area (TPSA) is 81.9 Å². The van der Waals surface area contributed by atoms with E-state index >= 15 is 0 Å². The van der Waals surface area contributed by atoms with Gasteiger partial charge in [0, 0.05) is 25.9 Å². The third-order valence-electron chi connectivity index (χ3n) is 3.94. The zero-order valence-corrected chi connectivity index (χ0v) is 15.0. The molecule has 27 heavy (non-hydrogen) atoms. The molecule has 0 aliphatic heterocycles. The molecule has 0 fully saturated rings. The molecule has 0 aromatic carbocycles. The smallest absolute Gasteiger partial charge is 0.276 e. The summed E-state index contributed by atoms with van der Waals surface area (Å²) in [6.45, 7) is 2.30. The van der Waals surface area contributed by atoms with E-state index < -0.39 is 23.2 Å². The minimum absolute atomic E-state index is 0.0171. The van der Waals surface area contributed by atoms with E-state index in [0.29, 0.717) is 12.3 Å². The SMILES string of the molecule is COCc1cc(C)c(-c2cc(C(=O)Nc3c(F)cncc3F)nn2C)cn1. The number of pyridine rings is 2. The molecule has 3 aromatic rings. The van der Waals surface area contributed by atoms with Crippen molar-refractivity contribution in [3.63, 3.8) is 0 Å². The van der Waals surface area contributed by atoms with Crippen LogP contribution in [0.1, 0.15) is 21.7 Å². The molecule has 3 rings (SSSR count). The monoisotopic (exact) mass is 373 g/mol. The molecule has 0 spiro atoms. The molecular formula is C18H17F2N5O2. The number of ether oxygens (including phenoxy) is 1. The Balaban J connectivity index is 1.89. The molecule has 0 unspecified atom stereocenters. The predicted molar refractivity (Wildman–Crippen MR) is 94.0 cm³/mol. The van der Waals surface area contributed by atoms with Gasteiger partial charge in [-0.3, -0.25) is 19.4 Å². The molecule has 1 N–H and O–H groups in total. The van der Waals surface area contributed by atoms with E-state index in [-0.39, 0.29) is 5.69 Å². The van der Waals surface area contributed by atoms with Crippen molar-refractivity contribution in [3.05, 3.63) is 59.3 Å². The molecule has 140 valence electrons. The summed E-state index contributed by atoms with van der Waals surface area (Å²) in [5.41, 5.74) is 2.59. The van der Waals surface area contributed by atoms with Gasteiger partial charge in [-0.15, -0.1) is 0 Å². The molecule has 0 aliphatic rings. The van der Waals surface area contributed by atoms with Gasteiger partial charge in [-0.05, 0) is 24.6 Å². The Morgan fingerprint density at radius 2 is 1.93 bits per heavy atom. The van der Waals surface area contributed by atoms with E-state index in [1.807, 2.05) is 13.0 Å². The van der Waals surface area contributed by atoms with Crippen LogP contribution in [0.2, 0.25) is 0 Å². The average Bonchev–Trinajstić information content (AvgIpc) is 3.00. The van der Waals surface area contributed by atoms with Crippen LogP contribution in [0.4, 0.5) is 14.5 Å². The zero-order valence-electron chi connectivity index (χ0n) is 15.0. The number of rotatable bonds is 5. The van der Waals surface area contributed by atoms with Gasteiger partial charge in [-0.2, -0.15) is 5.10 Å². The van der Waals surface area contributed by atoms with E-state index in [1.54, 1.807) is 20.4 Å². The van der Waals surface area contributed by atoms with Gasteiger partial charge in [-0.1, -0.05) is 0 Å². The third kappa shape index (κ3) is 3.82. The Bertz CT molecular complexity index is 983. The average molecular weight is 373 g/mol. The van der Waals surface area contributed by atoms with Crippen LogP contribution in [0.25, 0.3) is 11.3 Å². The highest BCUT2D eigenvalue weighted by molar-refractivity contribution is 6.03. The maximum Gasteiger partial charge on any atom is 0.276 e. The van der Waals surface area contributed by atoms with E-state index in [9.17, 15) is 13.6 Å². The second kappa shape index (κ2) is 7.58. The number of nitrogens with one attached hydrogen (secondary N) is 1. The molecule has 9 heteroatoms. The van der Waals surface area contributed by atoms with Crippen molar-refractivity contribution in [2.45, 2.75) is 13.5 Å². The summed E-state index contributed by atoms with van der Waals surface area (Å²) < 4.78 is 33.9. The molecule has 0 saturated carbocycles. The number of hydrogen-bond donors (Lipinski definition) is 1. The highest BCUT2D eigenvalue weighted by atomic mass is 19.1. The highest BCUT2D eigenvalue weighted by Gasteiger charge is 2.19. The van der Waals surface area contributed by atoms with Gasteiger partial charge in [0.1, 0.15) is 5.69 Å². The van der Waals surface area contributed by atoms with Crippen LogP contribution in [0.3, 0.4) is 0 Å². The normalized spacial score (nSPS) is 10.9. The van der Waals surface area contributed by atoms with Gasteiger partial charge >= 0.3 is 0 Å². The van der Waals surface area contributed by atoms with Crippen molar-refractivity contribution < 1.29 is 18.3 Å². The van der Waals surface area contributed by atoms with Crippen LogP contribution in [0.5, 0.6) is 0 Å². The fourth-order valence-electron chi connectivity index (χ4n) is 2.65. The van der Waals surface area contributed by atoms with Crippen molar-refractivity contribution in [1.82, 2.24) is 19.7 Å². The number of aryl methyl sites for hydroxylation is 2. The van der Waals surface area contributed by atoms with Gasteiger partial charge in [-0.25, -0.2) is 8.78 Å². The minimum Gasteiger partial charge on any atom is -0.378 e. The summed E-state index contributed by atoms with van der Waals surface area (Å²) in [6, 6.07) is 3.42. The summed E-state index contributed by atoms with van der Waals surface area (Å²) in [7, 11) is 3.26. The second-order valence-electron chi connectivity index (χ2n) is 5.89. The first-order chi connectivity index (χ1) is 12.9. The number of hydrogen-bond acceptors (Lipinski definition) is 5. The summed E-state index contributed by atoms with van der Waals surface area (Å²) >= 11 is 0. The number of carbonyl (C=O) groups is 1. The molecule has 1 amide bonds. The molecule has 0 aliphatic carbocycles. The van der Waals surface area contributed by atoms with Crippen molar-refractivity contribution in [1.29, 1.82) is 0 Å². The second-order valence-corrected chi connectivity index (χ2v) is 5.89. The van der Waals surface area contributed by atoms with Crippen molar-refractivity contribution >= 4 is 11.6 Å². The van der Waals surface area contributed by atoms with E-state index in [1.165, 1.54) is 10.7 Å². The van der Waals surface area contributed by atoms with Crippen LogP contribution in [0.15, 0.2) is 30.7 Å². The predicted octanol–water partition coefficient (Wildman–Crippen LogP) is 2.86. The van der Waals surface area contributed by atoms with Gasteiger partial charge in [0.05, 0.1) is 30.4 Å². The number of methoxy groups -OCH3 is 1. The molecule has 7 nitrogen and oxygen atoms in total. The summed E-state index contributed by atoms with van der Waals surface area (Å²) in [5, 5.41) is 6.32. The third-order valence-corrected chi connectivity index (χ3v) is 3.94. The van der Waals surface area contributed by atoms with Crippen molar-refractivity contribution in [2.75, 3.05) is 12.4 Å². The first-order valence-corrected chi connectivity index (χ1v) is 8.00. The molecule has 0 radical (unpaired) electrons. The number of aromatic nitrogens is 4. The molecule has 0 atom stereocenters. The Morgan fingerprint density at radius 3 is 2.56 bits per heavy atom. The van der Waals surface area contributed by atoms with E-state index in [2.05, 4.69) is 20.4 Å². The number of halogens is 2. The van der Waals surface area contributed by atoms with Crippen molar-refractivity contribution in [2.24, 2.45) is 7.05 Å². The van der Waals surface area contributed by atoms with Crippen LogP contribution in [0, 0.1) is 18.6 Å². The maximum absolute atomic E-state index is 13.7. The quantitative estimate of drug-likeness (QED) is 0.744. The van der Waals surface area contributed by atoms with E-state index in [4.69, 9.17) is 4.74 Å². The minimum atomic E-state index is -0.965. The summed E-state index contributed by atoms with van der Waals surface area (Å²) in [4.78, 5) is 20.1. The fourth-order valence-corrected chi connectivity index (χ4v) is 2.65. The van der Waals surface area contributed by atoms with Crippen LogP contribution in [-0.4, -0.2) is 32.8 Å². The summed E-state index contributed by atoms with van der Waals surface area (Å²) in [6.07, 6.45) is 3.31. The number of carbonyl (C=O) groups excluding carboxylic acids is 1. The zero-order chi connectivity index (χ0) is 19.6. The van der Waals surface area contributed by atoms with E-state index in [0.717, 1.165) is 29.2 Å². The number of nitrogens with zero attached hydrogens (tertiary/aromatic N) is 4. The van der Waals surface area contributed by atoms with Crippen LogP contribution >= 0.6 is 0 Å². The van der Waals surface area contributed by atoms with Crippen LogP contribution in [-0.2, 0) is 18.4 Å². The molecule has 0 saturated heterocycles. The summed E-state index contributed by atoms with van der Waals surface area (Å²) in [5.74, 6) is -2.66. The standard InChI is InChI=1S/C18H17F2N5O2/c1-10-4-11(9-27-3)22-6-12(10)16-5-15(24-25(16)2)18(26)23-17-13(19)7-21-8-14(17)20/h4-8H,9H2,1-3H3,(H,21,23,26). The molecule has 3 aromatic heterocycles. The lowest BCUT2D eigenvalue weighted by Crippen LogP contribution is -2.15. The Labute approximate surface area is 154 Å². The Morgan fingerprint density at radius 1 is 1.22 bits per heavy atom. The van der Waals surface area contributed by atoms with Gasteiger partial charge in [0.25, 0.3) is 5.91 Å². The Kier molecular flexibility index (Phi) is 5.22. The maximum atomic E-state index is 13.7. The van der Waals surface area contributed by atoms with Gasteiger partial charge in [0.15, 0.2) is 17.3 Å². The lowest BCUT2D eigenvalue weighted by Gasteiger charge is -2.07. The lowest BCUT2D eigenvalue weighted by molar-refractivity contribution is 0.102. The highest BCUT2D eigenvalue weighted by Crippen LogP contribution is 2.24. The molecule has 3 heterocycles. The molecule has 0 bridgehead atoms. The van der Waals surface area contributed by atoms with Gasteiger partial charge in [0.2, 0.25) is 0 Å². The number of amides is 1. The van der Waals surface area contributed by atoms with Crippen LogP contribution < -0.4 is 5.32 Å².